The lowest BCUT2D eigenvalue weighted by molar-refractivity contribution is 0.0813. The number of benzene rings is 1. The highest BCUT2D eigenvalue weighted by atomic mass is 16.5. The lowest BCUT2D eigenvalue weighted by Gasteiger charge is -2.24. The van der Waals surface area contributed by atoms with Crippen molar-refractivity contribution in [2.24, 2.45) is 4.99 Å². The first kappa shape index (κ1) is 17.0. The molecular formula is C19H29NO2. The van der Waals surface area contributed by atoms with Crippen molar-refractivity contribution < 1.29 is 9.47 Å². The number of ether oxygens (including phenoxy) is 2. The van der Waals surface area contributed by atoms with Crippen molar-refractivity contribution in [1.29, 1.82) is 0 Å². The monoisotopic (exact) mass is 303 g/mol. The van der Waals surface area contributed by atoms with Crippen LogP contribution in [-0.2, 0) is 21.3 Å². The maximum absolute atomic E-state index is 5.84. The summed E-state index contributed by atoms with van der Waals surface area (Å²) in [6.07, 6.45) is 1.24. The summed E-state index contributed by atoms with van der Waals surface area (Å²) in [6.45, 7) is 14.1. The fourth-order valence-electron chi connectivity index (χ4n) is 2.53. The highest BCUT2D eigenvalue weighted by Crippen LogP contribution is 2.31. The van der Waals surface area contributed by atoms with Gasteiger partial charge in [-0.3, -0.25) is 0 Å². The zero-order chi connectivity index (χ0) is 16.4. The fourth-order valence-corrected chi connectivity index (χ4v) is 2.53. The maximum Gasteiger partial charge on any atom is 0.194 e. The normalized spacial score (nSPS) is 17.5. The quantitative estimate of drug-likeness (QED) is 0.791. The molecule has 1 aliphatic heterocycles. The summed E-state index contributed by atoms with van der Waals surface area (Å²) < 4.78 is 11.4. The molecule has 0 unspecified atom stereocenters. The fraction of sp³-hybridized carbons (Fsp3) is 0.632. The Morgan fingerprint density at radius 3 is 2.36 bits per heavy atom. The van der Waals surface area contributed by atoms with Crippen molar-refractivity contribution in [2.45, 2.75) is 65.0 Å². The third-order valence-electron chi connectivity index (χ3n) is 4.02. The van der Waals surface area contributed by atoms with E-state index in [0.29, 0.717) is 12.7 Å². The number of rotatable bonds is 6. The average Bonchev–Trinajstić information content (AvgIpc) is 2.80. The Labute approximate surface area is 134 Å². The molecule has 0 N–H and O–H groups in total. The molecule has 0 aliphatic carbocycles. The Bertz CT molecular complexity index is 527. The van der Waals surface area contributed by atoms with E-state index in [-0.39, 0.29) is 11.0 Å². The van der Waals surface area contributed by atoms with Crippen molar-refractivity contribution in [3.63, 3.8) is 0 Å². The molecular weight excluding hydrogens is 274 g/mol. The van der Waals surface area contributed by atoms with Gasteiger partial charge in [0.1, 0.15) is 6.61 Å². The van der Waals surface area contributed by atoms with Gasteiger partial charge < -0.3 is 9.47 Å². The number of hydrogen-bond donors (Lipinski definition) is 0. The lowest BCUT2D eigenvalue weighted by Crippen LogP contribution is -2.29. The number of hydrogen-bond acceptors (Lipinski definition) is 3. The predicted octanol–water partition coefficient (Wildman–Crippen LogP) is 4.14. The summed E-state index contributed by atoms with van der Waals surface area (Å²) in [5.41, 5.74) is 2.23. The van der Waals surface area contributed by atoms with Crippen LogP contribution in [0.3, 0.4) is 0 Å². The molecule has 0 spiro atoms. The summed E-state index contributed by atoms with van der Waals surface area (Å²) in [4.78, 5) is 4.73. The third kappa shape index (κ3) is 4.10. The minimum absolute atomic E-state index is 0.110. The van der Waals surface area contributed by atoms with Crippen LogP contribution in [-0.4, -0.2) is 30.8 Å². The molecule has 1 aliphatic rings. The van der Waals surface area contributed by atoms with Crippen molar-refractivity contribution in [1.82, 2.24) is 0 Å². The Balaban J connectivity index is 2.06. The van der Waals surface area contributed by atoms with Gasteiger partial charge in [-0.2, -0.15) is 0 Å². The van der Waals surface area contributed by atoms with Gasteiger partial charge in [0.2, 0.25) is 0 Å². The summed E-state index contributed by atoms with van der Waals surface area (Å²) >= 11 is 0. The van der Waals surface area contributed by atoms with E-state index in [2.05, 4.69) is 65.8 Å². The summed E-state index contributed by atoms with van der Waals surface area (Å²) in [7, 11) is 0. The zero-order valence-corrected chi connectivity index (χ0v) is 14.8. The van der Waals surface area contributed by atoms with Crippen LogP contribution in [0.1, 0.15) is 52.7 Å². The van der Waals surface area contributed by atoms with Crippen LogP contribution in [0.4, 0.5) is 0 Å². The van der Waals surface area contributed by atoms with Crippen LogP contribution in [0, 0.1) is 0 Å². The van der Waals surface area contributed by atoms with E-state index in [1.165, 1.54) is 11.1 Å². The predicted molar refractivity (Wildman–Crippen MR) is 91.7 cm³/mol. The molecule has 22 heavy (non-hydrogen) atoms. The maximum atomic E-state index is 5.84. The summed E-state index contributed by atoms with van der Waals surface area (Å²) in [6, 6.07) is 8.73. The lowest BCUT2D eigenvalue weighted by atomic mass is 9.84. The second kappa shape index (κ2) is 6.41. The standard InChI is InChI=1S/C19H29NO2/c1-14(2)21-12-11-15-7-9-16(10-8-15)19(5,6)17-20-18(3,4)13-22-17/h7-10,14H,11-13H2,1-6H3. The third-order valence-corrected chi connectivity index (χ3v) is 4.02. The Kier molecular flexibility index (Phi) is 4.96. The summed E-state index contributed by atoms with van der Waals surface area (Å²) in [5.74, 6) is 0.841. The average molecular weight is 303 g/mol. The Morgan fingerprint density at radius 1 is 1.23 bits per heavy atom. The molecule has 0 saturated heterocycles. The van der Waals surface area contributed by atoms with Crippen molar-refractivity contribution in [3.8, 4) is 0 Å². The molecule has 3 nitrogen and oxygen atoms in total. The van der Waals surface area contributed by atoms with Gasteiger partial charge >= 0.3 is 0 Å². The molecule has 1 aromatic carbocycles. The zero-order valence-electron chi connectivity index (χ0n) is 14.8. The summed E-state index contributed by atoms with van der Waals surface area (Å²) in [5, 5.41) is 0. The topological polar surface area (TPSA) is 30.8 Å². The van der Waals surface area contributed by atoms with Gasteiger partial charge in [-0.25, -0.2) is 4.99 Å². The number of aliphatic imine (C=N–C) groups is 1. The van der Waals surface area contributed by atoms with E-state index in [4.69, 9.17) is 14.5 Å². The highest BCUT2D eigenvalue weighted by molar-refractivity contribution is 5.89. The molecule has 0 amide bonds. The van der Waals surface area contributed by atoms with Crippen LogP contribution in [0.15, 0.2) is 29.3 Å². The molecule has 122 valence electrons. The van der Waals surface area contributed by atoms with Crippen molar-refractivity contribution >= 4 is 5.90 Å². The Hall–Kier alpha value is -1.35. The van der Waals surface area contributed by atoms with E-state index in [1.54, 1.807) is 0 Å². The van der Waals surface area contributed by atoms with Crippen LogP contribution in [0.25, 0.3) is 0 Å². The first-order valence-corrected chi connectivity index (χ1v) is 8.15. The van der Waals surface area contributed by atoms with Crippen LogP contribution >= 0.6 is 0 Å². The molecule has 0 saturated carbocycles. The molecule has 0 radical (unpaired) electrons. The van der Waals surface area contributed by atoms with E-state index in [9.17, 15) is 0 Å². The smallest absolute Gasteiger partial charge is 0.194 e. The van der Waals surface area contributed by atoms with Gasteiger partial charge in [-0.1, -0.05) is 24.3 Å². The molecule has 0 atom stereocenters. The van der Waals surface area contributed by atoms with E-state index in [1.807, 2.05) is 0 Å². The van der Waals surface area contributed by atoms with Crippen LogP contribution in [0.2, 0.25) is 0 Å². The van der Waals surface area contributed by atoms with Gasteiger partial charge in [0.15, 0.2) is 5.90 Å². The van der Waals surface area contributed by atoms with Gasteiger partial charge in [-0.15, -0.1) is 0 Å². The van der Waals surface area contributed by atoms with Gasteiger partial charge in [0.05, 0.1) is 23.7 Å². The minimum atomic E-state index is -0.194. The SMILES string of the molecule is CC(C)OCCc1ccc(C(C)(C)C2=NC(C)(C)CO2)cc1. The highest BCUT2D eigenvalue weighted by Gasteiger charge is 2.36. The minimum Gasteiger partial charge on any atom is -0.478 e. The van der Waals surface area contributed by atoms with Gasteiger partial charge in [0.25, 0.3) is 0 Å². The van der Waals surface area contributed by atoms with Crippen molar-refractivity contribution in [2.75, 3.05) is 13.2 Å². The van der Waals surface area contributed by atoms with E-state index < -0.39 is 0 Å². The molecule has 2 rings (SSSR count). The molecule has 0 fully saturated rings. The first-order chi connectivity index (χ1) is 10.2. The number of nitrogens with zero attached hydrogens (tertiary/aromatic N) is 1. The van der Waals surface area contributed by atoms with E-state index >= 15 is 0 Å². The van der Waals surface area contributed by atoms with Crippen LogP contribution < -0.4 is 0 Å². The molecule has 0 bridgehead atoms. The first-order valence-electron chi connectivity index (χ1n) is 8.15. The van der Waals surface area contributed by atoms with Gasteiger partial charge in [0, 0.05) is 0 Å². The largest absolute Gasteiger partial charge is 0.478 e. The Morgan fingerprint density at radius 2 is 1.86 bits per heavy atom. The second-order valence-electron chi connectivity index (χ2n) is 7.51. The van der Waals surface area contributed by atoms with E-state index in [0.717, 1.165) is 18.9 Å². The molecule has 3 heteroatoms. The molecule has 0 aromatic heterocycles. The van der Waals surface area contributed by atoms with Gasteiger partial charge in [-0.05, 0) is 59.1 Å². The molecule has 1 heterocycles. The van der Waals surface area contributed by atoms with Crippen molar-refractivity contribution in [3.05, 3.63) is 35.4 Å². The second-order valence-corrected chi connectivity index (χ2v) is 7.51. The molecule has 1 aromatic rings. The van der Waals surface area contributed by atoms with Crippen LogP contribution in [0.5, 0.6) is 0 Å².